The molecule has 1 unspecified atom stereocenters. The lowest BCUT2D eigenvalue weighted by Crippen LogP contribution is -2.29. The van der Waals surface area contributed by atoms with Crippen LogP contribution in [0.3, 0.4) is 0 Å². The maximum atomic E-state index is 12.7. The molecular formula is C44H85NO5. The van der Waals surface area contributed by atoms with Crippen molar-refractivity contribution in [2.75, 3.05) is 32.8 Å². The van der Waals surface area contributed by atoms with Crippen LogP contribution in [-0.4, -0.2) is 60.9 Å². The smallest absolute Gasteiger partial charge is 0.306 e. The fourth-order valence-corrected chi connectivity index (χ4v) is 6.74. The molecule has 0 aromatic heterocycles. The van der Waals surface area contributed by atoms with Crippen molar-refractivity contribution in [2.24, 2.45) is 0 Å². The number of aliphatic hydroxyl groups excluding tert-OH is 1. The minimum Gasteiger partial charge on any atom is -0.466 e. The number of carbonyl (C=O) groups is 2. The molecule has 0 aromatic rings. The molecule has 1 atom stereocenters. The van der Waals surface area contributed by atoms with E-state index in [1.807, 2.05) is 6.08 Å². The van der Waals surface area contributed by atoms with Crippen molar-refractivity contribution < 1.29 is 24.2 Å². The standard InChI is InChI=1S/C44H85NO5/c1-4-7-10-13-16-17-18-24-32-41-49-43(47)35-29-25-31-38-45(39-40-46)37-30-23-19-22-28-36-44(48)50-42(33-26-20-14-11-8-5-2)34-27-21-15-12-9-6-3/h5,42,46H,2,4,6-41H2,1,3H3. The molecule has 0 radical (unpaired) electrons. The topological polar surface area (TPSA) is 76.1 Å². The van der Waals surface area contributed by atoms with E-state index in [0.29, 0.717) is 26.0 Å². The number of carbonyl (C=O) groups excluding carboxylic acids is 2. The summed E-state index contributed by atoms with van der Waals surface area (Å²) in [5.74, 6) is -0.0580. The van der Waals surface area contributed by atoms with Gasteiger partial charge in [-0.3, -0.25) is 9.59 Å². The Bertz CT molecular complexity index is 729. The number of aliphatic hydroxyl groups is 1. The van der Waals surface area contributed by atoms with Crippen molar-refractivity contribution in [1.29, 1.82) is 0 Å². The number of esters is 2. The first-order valence-electron chi connectivity index (χ1n) is 21.9. The highest BCUT2D eigenvalue weighted by Gasteiger charge is 2.14. The Morgan fingerprint density at radius 3 is 1.54 bits per heavy atom. The summed E-state index contributed by atoms with van der Waals surface area (Å²) in [4.78, 5) is 27.1. The molecule has 0 aliphatic heterocycles. The molecule has 0 spiro atoms. The van der Waals surface area contributed by atoms with Gasteiger partial charge >= 0.3 is 11.9 Å². The van der Waals surface area contributed by atoms with Crippen molar-refractivity contribution in [3.8, 4) is 0 Å². The first kappa shape index (κ1) is 48.6. The van der Waals surface area contributed by atoms with E-state index in [0.717, 1.165) is 103 Å². The van der Waals surface area contributed by atoms with Crippen molar-refractivity contribution in [3.63, 3.8) is 0 Å². The van der Waals surface area contributed by atoms with E-state index in [-0.39, 0.29) is 24.6 Å². The van der Waals surface area contributed by atoms with E-state index >= 15 is 0 Å². The SMILES string of the molecule is C=CCCCCCCC(CCCCCCCC)OC(=O)CCCCCCCN(CCO)CCCCCC(=O)OCCCCCCCCCCC. The minimum atomic E-state index is -0.0523. The number of nitrogens with zero attached hydrogens (tertiary/aromatic N) is 1. The van der Waals surface area contributed by atoms with Crippen LogP contribution in [0.5, 0.6) is 0 Å². The number of rotatable bonds is 41. The third kappa shape index (κ3) is 36.4. The van der Waals surface area contributed by atoms with Crippen molar-refractivity contribution in [2.45, 2.75) is 225 Å². The predicted molar refractivity (Wildman–Crippen MR) is 214 cm³/mol. The normalized spacial score (nSPS) is 12.0. The van der Waals surface area contributed by atoms with Crippen LogP contribution in [0.15, 0.2) is 12.7 Å². The molecule has 0 aromatic carbocycles. The summed E-state index contributed by atoms with van der Waals surface area (Å²) in [7, 11) is 0. The predicted octanol–water partition coefficient (Wildman–Crippen LogP) is 12.4. The van der Waals surface area contributed by atoms with E-state index in [4.69, 9.17) is 9.47 Å². The van der Waals surface area contributed by atoms with Crippen molar-refractivity contribution in [1.82, 2.24) is 4.90 Å². The van der Waals surface area contributed by atoms with Gasteiger partial charge in [0.15, 0.2) is 0 Å². The molecular weight excluding hydrogens is 622 g/mol. The zero-order chi connectivity index (χ0) is 36.6. The molecule has 6 heteroatoms. The van der Waals surface area contributed by atoms with Gasteiger partial charge in [-0.1, -0.05) is 142 Å². The molecule has 0 bridgehead atoms. The van der Waals surface area contributed by atoms with Gasteiger partial charge in [0.2, 0.25) is 0 Å². The zero-order valence-corrected chi connectivity index (χ0v) is 33.6. The zero-order valence-electron chi connectivity index (χ0n) is 33.6. The molecule has 0 aliphatic carbocycles. The lowest BCUT2D eigenvalue weighted by atomic mass is 10.0. The number of hydrogen-bond acceptors (Lipinski definition) is 6. The molecule has 0 fully saturated rings. The van der Waals surface area contributed by atoms with E-state index < -0.39 is 0 Å². The maximum absolute atomic E-state index is 12.7. The molecule has 0 heterocycles. The van der Waals surface area contributed by atoms with Crippen LogP contribution in [0.25, 0.3) is 0 Å². The fraction of sp³-hybridized carbons (Fsp3) is 0.909. The van der Waals surface area contributed by atoms with Gasteiger partial charge in [-0.2, -0.15) is 0 Å². The van der Waals surface area contributed by atoms with Gasteiger partial charge in [0, 0.05) is 19.4 Å². The van der Waals surface area contributed by atoms with Crippen LogP contribution >= 0.6 is 0 Å². The first-order chi connectivity index (χ1) is 24.6. The summed E-state index contributed by atoms with van der Waals surface area (Å²) < 4.78 is 11.4. The molecule has 0 aliphatic rings. The first-order valence-corrected chi connectivity index (χ1v) is 21.9. The van der Waals surface area contributed by atoms with Gasteiger partial charge in [0.25, 0.3) is 0 Å². The van der Waals surface area contributed by atoms with Gasteiger partial charge in [0.1, 0.15) is 6.10 Å². The average Bonchev–Trinajstić information content (AvgIpc) is 3.11. The van der Waals surface area contributed by atoms with Crippen LogP contribution < -0.4 is 0 Å². The van der Waals surface area contributed by atoms with Gasteiger partial charge in [-0.05, 0) is 83.7 Å². The second-order valence-corrected chi connectivity index (χ2v) is 14.9. The summed E-state index contributed by atoms with van der Waals surface area (Å²) in [6, 6.07) is 0. The van der Waals surface area contributed by atoms with Crippen molar-refractivity contribution in [3.05, 3.63) is 12.7 Å². The summed E-state index contributed by atoms with van der Waals surface area (Å²) in [6.45, 7) is 11.7. The van der Waals surface area contributed by atoms with Crippen LogP contribution in [0, 0.1) is 0 Å². The number of hydrogen-bond donors (Lipinski definition) is 1. The Hall–Kier alpha value is -1.40. The highest BCUT2D eigenvalue weighted by atomic mass is 16.5. The van der Waals surface area contributed by atoms with Crippen LogP contribution in [0.4, 0.5) is 0 Å². The summed E-state index contributed by atoms with van der Waals surface area (Å²) in [5.41, 5.74) is 0. The summed E-state index contributed by atoms with van der Waals surface area (Å²) in [5, 5.41) is 9.53. The number of unbranched alkanes of at least 4 members (excludes halogenated alkanes) is 23. The third-order valence-electron chi connectivity index (χ3n) is 10.00. The van der Waals surface area contributed by atoms with Gasteiger partial charge in [0.05, 0.1) is 13.2 Å². The van der Waals surface area contributed by atoms with Crippen LogP contribution in [0.1, 0.15) is 219 Å². The molecule has 50 heavy (non-hydrogen) atoms. The Labute approximate surface area is 311 Å². The Kier molecular flexibility index (Phi) is 39.2. The highest BCUT2D eigenvalue weighted by Crippen LogP contribution is 2.18. The fourth-order valence-electron chi connectivity index (χ4n) is 6.74. The van der Waals surface area contributed by atoms with E-state index in [9.17, 15) is 14.7 Å². The van der Waals surface area contributed by atoms with Crippen LogP contribution in [0.2, 0.25) is 0 Å². The quantitative estimate of drug-likeness (QED) is 0.0387. The van der Waals surface area contributed by atoms with E-state index in [2.05, 4.69) is 25.3 Å². The molecule has 0 amide bonds. The second-order valence-electron chi connectivity index (χ2n) is 14.9. The lowest BCUT2D eigenvalue weighted by Gasteiger charge is -2.21. The van der Waals surface area contributed by atoms with Crippen molar-refractivity contribution >= 4 is 11.9 Å². The average molecular weight is 708 g/mol. The van der Waals surface area contributed by atoms with Gasteiger partial charge < -0.3 is 19.5 Å². The van der Waals surface area contributed by atoms with E-state index in [1.165, 1.54) is 103 Å². The number of allylic oxidation sites excluding steroid dienone is 1. The van der Waals surface area contributed by atoms with Gasteiger partial charge in [-0.15, -0.1) is 6.58 Å². The largest absolute Gasteiger partial charge is 0.466 e. The molecule has 0 saturated carbocycles. The highest BCUT2D eigenvalue weighted by molar-refractivity contribution is 5.69. The van der Waals surface area contributed by atoms with Crippen LogP contribution in [-0.2, 0) is 19.1 Å². The lowest BCUT2D eigenvalue weighted by molar-refractivity contribution is -0.150. The van der Waals surface area contributed by atoms with E-state index in [1.54, 1.807) is 0 Å². The monoisotopic (exact) mass is 708 g/mol. The summed E-state index contributed by atoms with van der Waals surface area (Å²) in [6.07, 6.45) is 38.4. The molecule has 0 saturated heterocycles. The Morgan fingerprint density at radius 2 is 1.00 bits per heavy atom. The molecule has 1 N–H and O–H groups in total. The second kappa shape index (κ2) is 40.4. The molecule has 296 valence electrons. The summed E-state index contributed by atoms with van der Waals surface area (Å²) >= 11 is 0. The third-order valence-corrected chi connectivity index (χ3v) is 10.00. The van der Waals surface area contributed by atoms with Gasteiger partial charge in [-0.25, -0.2) is 0 Å². The number of ether oxygens (including phenoxy) is 2. The Balaban J connectivity index is 3.96. The molecule has 6 nitrogen and oxygen atoms in total. The Morgan fingerprint density at radius 1 is 0.560 bits per heavy atom. The minimum absolute atomic E-state index is 0.00572. The molecule has 0 rings (SSSR count). The maximum Gasteiger partial charge on any atom is 0.306 e.